The molecule has 8 rings (SSSR count). The maximum atomic E-state index is 15.1. The molecule has 0 unspecified atom stereocenters. The van der Waals surface area contributed by atoms with Crippen LogP contribution in [0, 0.1) is 16.2 Å². The van der Waals surface area contributed by atoms with Crippen LogP contribution in [0.2, 0.25) is 0 Å². The monoisotopic (exact) mass is 741 g/mol. The van der Waals surface area contributed by atoms with Gasteiger partial charge in [-0.2, -0.15) is 0 Å². The molecule has 7 atom stereocenters. The predicted octanol–water partition coefficient (Wildman–Crippen LogP) is 7.09. The summed E-state index contributed by atoms with van der Waals surface area (Å²) in [7, 11) is 1.60. The molecule has 2 heterocycles. The van der Waals surface area contributed by atoms with Gasteiger partial charge in [-0.15, -0.1) is 0 Å². The summed E-state index contributed by atoms with van der Waals surface area (Å²) in [5.74, 6) is -0.228. The largest absolute Gasteiger partial charge is 0.497 e. The van der Waals surface area contributed by atoms with E-state index in [9.17, 15) is 19.8 Å². The van der Waals surface area contributed by atoms with Crippen molar-refractivity contribution in [1.82, 2.24) is 4.90 Å². The maximum absolute atomic E-state index is 15.1. The second-order valence-corrected chi connectivity index (χ2v) is 18.0. The number of benzene rings is 2. The molecule has 4 aliphatic carbocycles. The minimum atomic E-state index is -1.33. The van der Waals surface area contributed by atoms with E-state index in [0.717, 1.165) is 30.4 Å². The number of carbonyl (C=O) groups excluding carboxylic acids is 3. The average Bonchev–Trinajstić information content (AvgIpc) is 3.84. The van der Waals surface area contributed by atoms with Crippen LogP contribution in [0.5, 0.6) is 5.75 Å². The fraction of sp³-hybridized carbons (Fsp3) is 0.622. The third-order valence-corrected chi connectivity index (χ3v) is 14.9. The van der Waals surface area contributed by atoms with E-state index in [1.165, 1.54) is 5.57 Å². The van der Waals surface area contributed by atoms with Crippen molar-refractivity contribution in [2.75, 3.05) is 26.8 Å². The van der Waals surface area contributed by atoms with Gasteiger partial charge >= 0.3 is 5.97 Å². The molecular formula is C45H59NO8. The smallest absolute Gasteiger partial charge is 0.313 e. The lowest BCUT2D eigenvalue weighted by Crippen LogP contribution is -2.61. The molecule has 2 aromatic carbocycles. The van der Waals surface area contributed by atoms with Gasteiger partial charge in [0.25, 0.3) is 5.91 Å². The molecule has 4 fully saturated rings. The number of hydrogen-bond donors (Lipinski definition) is 2. The summed E-state index contributed by atoms with van der Waals surface area (Å²) in [6.07, 6.45) is 8.42. The number of aliphatic hydroxyl groups is 2. The van der Waals surface area contributed by atoms with E-state index in [-0.39, 0.29) is 36.2 Å². The van der Waals surface area contributed by atoms with Crippen LogP contribution in [-0.4, -0.2) is 83.0 Å². The average molecular weight is 742 g/mol. The van der Waals surface area contributed by atoms with E-state index in [1.807, 2.05) is 39.0 Å². The Morgan fingerprint density at radius 1 is 0.981 bits per heavy atom. The molecular weight excluding hydrogens is 682 g/mol. The van der Waals surface area contributed by atoms with E-state index in [2.05, 4.69) is 19.9 Å². The van der Waals surface area contributed by atoms with Crippen LogP contribution in [-0.2, 0) is 25.5 Å². The van der Waals surface area contributed by atoms with E-state index in [0.29, 0.717) is 81.4 Å². The number of fused-ring (bicyclic) bond motifs is 10. The molecule has 2 aromatic rings. The van der Waals surface area contributed by atoms with Gasteiger partial charge in [0.2, 0.25) is 0 Å². The number of amides is 1. The lowest BCUT2D eigenvalue weighted by atomic mass is 9.64. The minimum absolute atomic E-state index is 0.0690. The summed E-state index contributed by atoms with van der Waals surface area (Å²) in [5.41, 5.74) is -0.807. The van der Waals surface area contributed by atoms with Crippen LogP contribution in [0.1, 0.15) is 132 Å². The van der Waals surface area contributed by atoms with Crippen molar-refractivity contribution in [3.05, 3.63) is 76.4 Å². The third kappa shape index (κ3) is 6.22. The van der Waals surface area contributed by atoms with Gasteiger partial charge in [-0.05, 0) is 132 Å². The van der Waals surface area contributed by atoms with Crippen molar-refractivity contribution in [3.63, 3.8) is 0 Å². The van der Waals surface area contributed by atoms with Crippen LogP contribution >= 0.6 is 0 Å². The number of carbonyl (C=O) groups is 3. The molecule has 4 bridgehead atoms. The lowest BCUT2D eigenvalue weighted by Gasteiger charge is -2.48. The van der Waals surface area contributed by atoms with Crippen molar-refractivity contribution in [2.24, 2.45) is 16.2 Å². The second-order valence-electron chi connectivity index (χ2n) is 18.0. The van der Waals surface area contributed by atoms with Crippen LogP contribution in [0.4, 0.5) is 0 Å². The zero-order valence-corrected chi connectivity index (χ0v) is 33.0. The summed E-state index contributed by atoms with van der Waals surface area (Å²) >= 11 is 0. The fourth-order valence-electron chi connectivity index (χ4n) is 10.6. The highest BCUT2D eigenvalue weighted by Crippen LogP contribution is 2.66. The zero-order chi connectivity index (χ0) is 38.7. The molecule has 2 aliphatic heterocycles. The quantitative estimate of drug-likeness (QED) is 0.167. The van der Waals surface area contributed by atoms with E-state index in [1.54, 1.807) is 36.3 Å². The van der Waals surface area contributed by atoms with Crippen LogP contribution in [0.15, 0.2) is 54.1 Å². The predicted molar refractivity (Wildman–Crippen MR) is 205 cm³/mol. The normalized spacial score (nSPS) is 34.6. The Morgan fingerprint density at radius 3 is 2.39 bits per heavy atom. The number of nitrogens with zero attached hydrogens (tertiary/aromatic N) is 1. The van der Waals surface area contributed by atoms with E-state index >= 15 is 4.79 Å². The molecule has 0 radical (unpaired) electrons. The summed E-state index contributed by atoms with van der Waals surface area (Å²) in [6, 6.07) is 13.1. The van der Waals surface area contributed by atoms with Gasteiger partial charge in [-0.25, -0.2) is 0 Å². The molecule has 6 aliphatic rings. The summed E-state index contributed by atoms with van der Waals surface area (Å²) < 4.78 is 17.6. The Hall–Kier alpha value is -3.53. The third-order valence-electron chi connectivity index (χ3n) is 14.9. The highest BCUT2D eigenvalue weighted by Gasteiger charge is 2.76. The number of allylic oxidation sites excluding steroid dienone is 2. The van der Waals surface area contributed by atoms with E-state index < -0.39 is 33.6 Å². The number of esters is 1. The Kier molecular flexibility index (Phi) is 10.2. The molecule has 1 amide bonds. The highest BCUT2D eigenvalue weighted by molar-refractivity contribution is 6.10. The first kappa shape index (κ1) is 38.7. The van der Waals surface area contributed by atoms with Gasteiger partial charge < -0.3 is 29.3 Å². The topological polar surface area (TPSA) is 123 Å². The van der Waals surface area contributed by atoms with Gasteiger partial charge in [0.05, 0.1) is 36.9 Å². The van der Waals surface area contributed by atoms with Gasteiger partial charge in [0.15, 0.2) is 11.4 Å². The maximum Gasteiger partial charge on any atom is 0.313 e. The lowest BCUT2D eigenvalue weighted by molar-refractivity contribution is -0.178. The number of rotatable bonds is 8. The standard InChI is InChI=1S/C45H59NO8/c1-29-9-7-20-42(4)37(35-18-12-30(25-32(47)15-11-29)26-36(35)38(48)31-13-16-33(52-6)17-14-31)19-21-44(42,51)28-46(27-34-10-8-24-53-34)39(49)45-23-22-43(5,40(50)54-45)41(45,2)3/h9,12-14,16-18,26,32,34,37,47,51H,7-8,10-11,15,19-25,27-28H2,1-6H3/t32-,34+,37-,42-,43-,44+,45+/m0/s1. The summed E-state index contributed by atoms with van der Waals surface area (Å²) in [6.45, 7) is 11.1. The molecule has 0 spiro atoms. The van der Waals surface area contributed by atoms with Gasteiger partial charge in [0.1, 0.15) is 5.75 Å². The van der Waals surface area contributed by atoms with Crippen molar-refractivity contribution < 1.29 is 38.8 Å². The van der Waals surface area contributed by atoms with Crippen molar-refractivity contribution in [2.45, 2.75) is 135 Å². The van der Waals surface area contributed by atoms with Gasteiger partial charge in [-0.3, -0.25) is 14.4 Å². The Bertz CT molecular complexity index is 1810. The first-order chi connectivity index (χ1) is 25.6. The van der Waals surface area contributed by atoms with Gasteiger partial charge in [0, 0.05) is 35.1 Å². The first-order valence-corrected chi connectivity index (χ1v) is 20.1. The molecule has 9 nitrogen and oxygen atoms in total. The number of ketones is 1. The summed E-state index contributed by atoms with van der Waals surface area (Å²) in [4.78, 5) is 44.7. The molecule has 9 heteroatoms. The highest BCUT2D eigenvalue weighted by atomic mass is 16.6. The number of ether oxygens (including phenoxy) is 3. The number of hydrogen-bond acceptors (Lipinski definition) is 8. The SMILES string of the molecule is COc1ccc(C(=O)c2cc3ccc2[C@@H]2CC[C@@](O)(CN(C[C@H]4CCCO4)C(=O)[C@@]45CC[C@@](C)(C(=O)O4)C5(C)C)[C@@]2(C)CCC=C(C)CC[C@H](O)C3)cc1. The van der Waals surface area contributed by atoms with Crippen molar-refractivity contribution in [1.29, 1.82) is 0 Å². The molecule has 2 N–H and O–H groups in total. The van der Waals surface area contributed by atoms with Crippen LogP contribution in [0.3, 0.4) is 0 Å². The van der Waals surface area contributed by atoms with Crippen molar-refractivity contribution >= 4 is 17.7 Å². The molecule has 54 heavy (non-hydrogen) atoms. The van der Waals surface area contributed by atoms with E-state index in [4.69, 9.17) is 14.2 Å². The molecule has 0 aromatic heterocycles. The Morgan fingerprint density at radius 2 is 1.74 bits per heavy atom. The van der Waals surface area contributed by atoms with Crippen LogP contribution in [0.25, 0.3) is 0 Å². The summed E-state index contributed by atoms with van der Waals surface area (Å²) in [5, 5.41) is 24.3. The second kappa shape index (κ2) is 14.2. The zero-order valence-electron chi connectivity index (χ0n) is 33.0. The first-order valence-electron chi connectivity index (χ1n) is 20.1. The van der Waals surface area contributed by atoms with Crippen LogP contribution < -0.4 is 4.74 Å². The fourth-order valence-corrected chi connectivity index (χ4v) is 10.6. The Balaban J connectivity index is 1.30. The molecule has 2 saturated heterocycles. The number of aliphatic hydroxyl groups excluding tert-OH is 1. The number of methoxy groups -OCH3 is 1. The van der Waals surface area contributed by atoms with Gasteiger partial charge in [-0.1, -0.05) is 44.6 Å². The molecule has 292 valence electrons. The van der Waals surface area contributed by atoms with Crippen molar-refractivity contribution in [3.8, 4) is 5.75 Å². The minimum Gasteiger partial charge on any atom is -0.497 e. The molecule has 2 saturated carbocycles. The Labute approximate surface area is 320 Å².